The summed E-state index contributed by atoms with van der Waals surface area (Å²) in [6, 6.07) is 15.8. The Morgan fingerprint density at radius 2 is 1.76 bits per heavy atom. The molecule has 0 spiro atoms. The zero-order chi connectivity index (χ0) is 20.8. The van der Waals surface area contributed by atoms with Crippen LogP contribution < -0.4 is 10.2 Å². The molecular weight excluding hydrogens is 370 g/mol. The second-order valence-electron chi connectivity index (χ2n) is 6.73. The molecule has 0 unspecified atom stereocenters. The first kappa shape index (κ1) is 20.4. The van der Waals surface area contributed by atoms with Crippen molar-refractivity contribution in [2.45, 2.75) is 34.0 Å². The molecule has 152 valence electrons. The molecule has 0 aliphatic heterocycles. The maximum Gasteiger partial charge on any atom is 0.431 e. The number of hydrogen-bond donors (Lipinski definition) is 1. The highest BCUT2D eigenvalue weighted by atomic mass is 16.7. The summed E-state index contributed by atoms with van der Waals surface area (Å²) < 4.78 is 12.4. The van der Waals surface area contributed by atoms with Gasteiger partial charge in [-0.25, -0.2) is 9.48 Å². The molecular formula is C22H25N3O4. The molecule has 7 heteroatoms. The van der Waals surface area contributed by atoms with Crippen molar-refractivity contribution in [2.75, 3.05) is 7.11 Å². The van der Waals surface area contributed by atoms with E-state index >= 15 is 0 Å². The monoisotopic (exact) mass is 395 g/mol. The van der Waals surface area contributed by atoms with Gasteiger partial charge in [0, 0.05) is 5.69 Å². The minimum atomic E-state index is -0.642. The molecule has 1 aromatic heterocycles. The molecule has 7 nitrogen and oxygen atoms in total. The normalized spacial score (nSPS) is 10.6. The van der Waals surface area contributed by atoms with E-state index in [1.165, 1.54) is 7.11 Å². The van der Waals surface area contributed by atoms with Gasteiger partial charge in [-0.15, -0.1) is 0 Å². The van der Waals surface area contributed by atoms with Crippen molar-refractivity contribution in [3.05, 3.63) is 76.6 Å². The Kier molecular flexibility index (Phi) is 6.51. The minimum absolute atomic E-state index is 0.213. The average Bonchev–Trinajstić information content (AvgIpc) is 3.05. The fourth-order valence-electron chi connectivity index (χ4n) is 3.03. The third kappa shape index (κ3) is 5.14. The topological polar surface area (TPSA) is 74.6 Å². The first-order valence-corrected chi connectivity index (χ1v) is 9.27. The van der Waals surface area contributed by atoms with Gasteiger partial charge >= 0.3 is 6.09 Å². The lowest BCUT2D eigenvalue weighted by atomic mass is 10.1. The van der Waals surface area contributed by atoms with E-state index in [0.29, 0.717) is 6.61 Å². The molecule has 0 aliphatic rings. The molecule has 3 aromatic rings. The first-order chi connectivity index (χ1) is 14.0. The van der Waals surface area contributed by atoms with E-state index in [-0.39, 0.29) is 6.61 Å². The molecule has 1 N–H and O–H groups in total. The Bertz CT molecular complexity index is 997. The smallest absolute Gasteiger partial charge is 0.431 e. The maximum atomic E-state index is 11.1. The van der Waals surface area contributed by atoms with Gasteiger partial charge in [0.05, 0.1) is 18.5 Å². The Balaban J connectivity index is 1.67. The molecule has 0 radical (unpaired) electrons. The third-order valence-corrected chi connectivity index (χ3v) is 4.48. The number of carbonyl (C=O) groups excluding carboxylic acids is 1. The number of nitrogens with zero attached hydrogens (tertiary/aromatic N) is 2. The molecule has 0 fully saturated rings. The average molecular weight is 395 g/mol. The lowest BCUT2D eigenvalue weighted by Crippen LogP contribution is -2.23. The number of amides is 1. The van der Waals surface area contributed by atoms with Crippen LogP contribution in [0.5, 0.6) is 5.75 Å². The van der Waals surface area contributed by atoms with Crippen LogP contribution in [0.25, 0.3) is 5.69 Å². The van der Waals surface area contributed by atoms with Crippen LogP contribution in [0.4, 0.5) is 4.79 Å². The molecule has 29 heavy (non-hydrogen) atoms. The van der Waals surface area contributed by atoms with Gasteiger partial charge in [0.2, 0.25) is 0 Å². The van der Waals surface area contributed by atoms with Crippen LogP contribution in [0.3, 0.4) is 0 Å². The minimum Gasteiger partial charge on any atom is -0.489 e. The predicted molar refractivity (Wildman–Crippen MR) is 109 cm³/mol. The van der Waals surface area contributed by atoms with E-state index in [4.69, 9.17) is 9.57 Å². The van der Waals surface area contributed by atoms with Crippen LogP contribution in [0.2, 0.25) is 0 Å². The molecule has 0 aliphatic carbocycles. The second-order valence-corrected chi connectivity index (χ2v) is 6.73. The number of methoxy groups -OCH3 is 1. The molecule has 3 rings (SSSR count). The van der Waals surface area contributed by atoms with Gasteiger partial charge in [-0.1, -0.05) is 24.3 Å². The molecule has 1 heterocycles. The number of hydrogen-bond acceptors (Lipinski definition) is 5. The van der Waals surface area contributed by atoms with Gasteiger partial charge in [-0.3, -0.25) is 4.84 Å². The summed E-state index contributed by atoms with van der Waals surface area (Å²) in [6.45, 7) is 6.63. The Hall–Kier alpha value is -3.32. The summed E-state index contributed by atoms with van der Waals surface area (Å²) >= 11 is 0. The van der Waals surface area contributed by atoms with Crippen molar-refractivity contribution in [3.8, 4) is 11.4 Å². The molecule has 1 amide bonds. The summed E-state index contributed by atoms with van der Waals surface area (Å²) in [7, 11) is 1.28. The van der Waals surface area contributed by atoms with Crippen LogP contribution in [0, 0.1) is 20.8 Å². The number of ether oxygens (including phenoxy) is 2. The number of hydroxylamine groups is 1. The van der Waals surface area contributed by atoms with Crippen LogP contribution in [-0.2, 0) is 22.8 Å². The Morgan fingerprint density at radius 1 is 1.03 bits per heavy atom. The van der Waals surface area contributed by atoms with Crippen LogP contribution in [-0.4, -0.2) is 23.0 Å². The van der Waals surface area contributed by atoms with Gasteiger partial charge in [0.1, 0.15) is 19.0 Å². The highest BCUT2D eigenvalue weighted by Gasteiger charge is 2.09. The molecule has 0 bridgehead atoms. The zero-order valence-corrected chi connectivity index (χ0v) is 17.1. The molecule has 0 saturated carbocycles. The van der Waals surface area contributed by atoms with Crippen molar-refractivity contribution < 1.29 is 19.1 Å². The van der Waals surface area contributed by atoms with Crippen LogP contribution in [0.1, 0.15) is 28.1 Å². The SMILES string of the molecule is COC(=O)NOCc1ccccc1COc1ccc(-n2nc(C)cc2C)cc1C. The molecule has 0 atom stereocenters. The molecule has 0 saturated heterocycles. The number of rotatable bonds is 7. The quantitative estimate of drug-likeness (QED) is 0.608. The first-order valence-electron chi connectivity index (χ1n) is 9.27. The number of aryl methyl sites for hydroxylation is 3. The zero-order valence-electron chi connectivity index (χ0n) is 17.1. The maximum absolute atomic E-state index is 11.1. The highest BCUT2D eigenvalue weighted by Crippen LogP contribution is 2.24. The summed E-state index contributed by atoms with van der Waals surface area (Å²) in [5, 5.41) is 4.53. The lowest BCUT2D eigenvalue weighted by molar-refractivity contribution is 0.0244. The van der Waals surface area contributed by atoms with E-state index in [1.807, 2.05) is 67.9 Å². The van der Waals surface area contributed by atoms with Crippen LogP contribution in [0.15, 0.2) is 48.5 Å². The van der Waals surface area contributed by atoms with E-state index in [9.17, 15) is 4.79 Å². The van der Waals surface area contributed by atoms with E-state index < -0.39 is 6.09 Å². The number of nitrogens with one attached hydrogen (secondary N) is 1. The van der Waals surface area contributed by atoms with E-state index in [2.05, 4.69) is 21.4 Å². The third-order valence-electron chi connectivity index (χ3n) is 4.48. The van der Waals surface area contributed by atoms with E-state index in [1.54, 1.807) is 0 Å². The number of carbonyl (C=O) groups is 1. The van der Waals surface area contributed by atoms with Gasteiger partial charge in [-0.2, -0.15) is 10.6 Å². The predicted octanol–water partition coefficient (Wildman–Crippen LogP) is 4.16. The lowest BCUT2D eigenvalue weighted by Gasteiger charge is -2.14. The van der Waals surface area contributed by atoms with Crippen molar-refractivity contribution in [2.24, 2.45) is 0 Å². The second kappa shape index (κ2) is 9.25. The highest BCUT2D eigenvalue weighted by molar-refractivity contribution is 5.65. The van der Waals surface area contributed by atoms with Gasteiger partial charge in [-0.05, 0) is 61.7 Å². The summed E-state index contributed by atoms with van der Waals surface area (Å²) in [4.78, 5) is 16.3. The van der Waals surface area contributed by atoms with E-state index in [0.717, 1.165) is 39.5 Å². The number of aromatic nitrogens is 2. The largest absolute Gasteiger partial charge is 0.489 e. The van der Waals surface area contributed by atoms with Crippen molar-refractivity contribution in [3.63, 3.8) is 0 Å². The Morgan fingerprint density at radius 3 is 2.38 bits per heavy atom. The van der Waals surface area contributed by atoms with Gasteiger partial charge in [0.15, 0.2) is 0 Å². The standard InChI is InChI=1S/C22H25N3O4/c1-15-11-20(25-17(3)12-16(2)23-25)9-10-21(15)28-13-18-7-5-6-8-19(18)14-29-24-22(26)27-4/h5-12H,13-14H2,1-4H3,(H,24,26). The van der Waals surface area contributed by atoms with Crippen LogP contribution >= 0.6 is 0 Å². The van der Waals surface area contributed by atoms with Gasteiger partial charge < -0.3 is 9.47 Å². The molecule has 2 aromatic carbocycles. The summed E-state index contributed by atoms with van der Waals surface area (Å²) in [5.74, 6) is 0.804. The fourth-order valence-corrected chi connectivity index (χ4v) is 3.03. The number of benzene rings is 2. The van der Waals surface area contributed by atoms with Crippen molar-refractivity contribution >= 4 is 6.09 Å². The Labute approximate surface area is 170 Å². The van der Waals surface area contributed by atoms with Crippen molar-refractivity contribution in [1.29, 1.82) is 0 Å². The van der Waals surface area contributed by atoms with Crippen molar-refractivity contribution in [1.82, 2.24) is 15.3 Å². The fraction of sp³-hybridized carbons (Fsp3) is 0.273. The summed E-state index contributed by atoms with van der Waals surface area (Å²) in [5.41, 5.74) is 8.20. The van der Waals surface area contributed by atoms with Gasteiger partial charge in [0.25, 0.3) is 0 Å². The summed E-state index contributed by atoms with van der Waals surface area (Å²) in [6.07, 6.45) is -0.642.